The van der Waals surface area contributed by atoms with E-state index in [9.17, 15) is 8.42 Å². The SMILES string of the molecule is CCN(CC)C(CNS(=O)(=O)/C=C/c1ccc(C)cc1)c1ccsc1. The lowest BCUT2D eigenvalue weighted by atomic mass is 10.1. The summed E-state index contributed by atoms with van der Waals surface area (Å²) in [6.07, 6.45) is 1.62. The molecule has 1 unspecified atom stereocenters. The number of likely N-dealkylation sites (N-methyl/N-ethyl adjacent to an activating group) is 1. The minimum Gasteiger partial charge on any atom is -0.296 e. The maximum atomic E-state index is 12.3. The number of aryl methyl sites for hydroxylation is 1. The van der Waals surface area contributed by atoms with E-state index in [4.69, 9.17) is 0 Å². The first-order chi connectivity index (χ1) is 11.9. The van der Waals surface area contributed by atoms with E-state index >= 15 is 0 Å². The van der Waals surface area contributed by atoms with Crippen LogP contribution in [0.25, 0.3) is 6.08 Å². The Labute approximate surface area is 155 Å². The molecular formula is C19H26N2O2S2. The van der Waals surface area contributed by atoms with Crippen molar-refractivity contribution in [3.05, 3.63) is 63.2 Å². The number of rotatable bonds is 9. The van der Waals surface area contributed by atoms with Gasteiger partial charge in [-0.25, -0.2) is 13.1 Å². The average molecular weight is 379 g/mol. The summed E-state index contributed by atoms with van der Waals surface area (Å²) in [4.78, 5) is 2.26. The molecule has 0 amide bonds. The number of hydrogen-bond donors (Lipinski definition) is 1. The van der Waals surface area contributed by atoms with Gasteiger partial charge in [0, 0.05) is 18.0 Å². The molecule has 0 radical (unpaired) electrons. The first-order valence-corrected chi connectivity index (χ1v) is 10.9. The van der Waals surface area contributed by atoms with Crippen LogP contribution in [0.15, 0.2) is 46.5 Å². The highest BCUT2D eigenvalue weighted by atomic mass is 32.2. The first-order valence-electron chi connectivity index (χ1n) is 8.45. The van der Waals surface area contributed by atoms with Gasteiger partial charge in [0.25, 0.3) is 0 Å². The van der Waals surface area contributed by atoms with Crippen LogP contribution in [0.2, 0.25) is 0 Å². The number of nitrogens with zero attached hydrogens (tertiary/aromatic N) is 1. The molecule has 1 N–H and O–H groups in total. The van der Waals surface area contributed by atoms with Gasteiger partial charge in [-0.2, -0.15) is 11.3 Å². The Morgan fingerprint density at radius 2 is 1.84 bits per heavy atom. The van der Waals surface area contributed by atoms with Crippen LogP contribution in [0.5, 0.6) is 0 Å². The first kappa shape index (κ1) is 19.8. The minimum atomic E-state index is -3.48. The lowest BCUT2D eigenvalue weighted by Crippen LogP contribution is -2.37. The quantitative estimate of drug-likeness (QED) is 0.717. The van der Waals surface area contributed by atoms with Gasteiger partial charge in [0.2, 0.25) is 10.0 Å². The molecule has 1 aromatic heterocycles. The number of thiophene rings is 1. The van der Waals surface area contributed by atoms with Crippen molar-refractivity contribution in [3.63, 3.8) is 0 Å². The van der Waals surface area contributed by atoms with Crippen molar-refractivity contribution in [1.82, 2.24) is 9.62 Å². The third-order valence-electron chi connectivity index (χ3n) is 4.18. The highest BCUT2D eigenvalue weighted by Gasteiger charge is 2.20. The third-order valence-corrected chi connectivity index (χ3v) is 5.94. The van der Waals surface area contributed by atoms with E-state index in [1.807, 2.05) is 36.6 Å². The molecular weight excluding hydrogens is 352 g/mol. The van der Waals surface area contributed by atoms with E-state index < -0.39 is 10.0 Å². The van der Waals surface area contributed by atoms with Crippen molar-refractivity contribution in [1.29, 1.82) is 0 Å². The van der Waals surface area contributed by atoms with Crippen LogP contribution in [0.1, 0.15) is 36.6 Å². The molecule has 0 saturated heterocycles. The molecule has 1 heterocycles. The van der Waals surface area contributed by atoms with E-state index in [1.54, 1.807) is 17.4 Å². The summed E-state index contributed by atoms with van der Waals surface area (Å²) in [5.41, 5.74) is 3.17. The summed E-state index contributed by atoms with van der Waals surface area (Å²) in [6, 6.07) is 9.85. The van der Waals surface area contributed by atoms with Crippen LogP contribution in [-0.2, 0) is 10.0 Å². The average Bonchev–Trinajstić information content (AvgIpc) is 3.12. The van der Waals surface area contributed by atoms with Gasteiger partial charge in [0.15, 0.2) is 0 Å². The summed E-state index contributed by atoms with van der Waals surface area (Å²) in [6.45, 7) is 8.29. The van der Waals surface area contributed by atoms with Crippen LogP contribution < -0.4 is 4.72 Å². The van der Waals surface area contributed by atoms with Crippen LogP contribution in [-0.4, -0.2) is 33.0 Å². The second kappa shape index (κ2) is 9.29. The van der Waals surface area contributed by atoms with Crippen LogP contribution in [0.3, 0.4) is 0 Å². The largest absolute Gasteiger partial charge is 0.296 e. The van der Waals surface area contributed by atoms with Crippen LogP contribution in [0, 0.1) is 6.92 Å². The minimum absolute atomic E-state index is 0.0452. The molecule has 0 aliphatic carbocycles. The molecule has 2 rings (SSSR count). The lowest BCUT2D eigenvalue weighted by Gasteiger charge is -2.29. The smallest absolute Gasteiger partial charge is 0.233 e. The lowest BCUT2D eigenvalue weighted by molar-refractivity contribution is 0.220. The predicted octanol–water partition coefficient (Wildman–Crippen LogP) is 4.03. The Morgan fingerprint density at radius 1 is 1.16 bits per heavy atom. The number of hydrogen-bond acceptors (Lipinski definition) is 4. The van der Waals surface area contributed by atoms with Gasteiger partial charge < -0.3 is 0 Å². The maximum absolute atomic E-state index is 12.3. The molecule has 6 heteroatoms. The Kier molecular flexibility index (Phi) is 7.38. The normalized spacial score (nSPS) is 13.6. The topological polar surface area (TPSA) is 49.4 Å². The number of sulfonamides is 1. The second-order valence-corrected chi connectivity index (χ2v) is 8.33. The molecule has 0 spiro atoms. The van der Waals surface area contributed by atoms with E-state index in [0.29, 0.717) is 6.54 Å². The van der Waals surface area contributed by atoms with Crippen molar-refractivity contribution in [2.45, 2.75) is 26.8 Å². The molecule has 136 valence electrons. The fourth-order valence-electron chi connectivity index (χ4n) is 2.68. The molecule has 0 saturated carbocycles. The third kappa shape index (κ3) is 6.08. The van der Waals surface area contributed by atoms with Crippen molar-refractivity contribution in [2.24, 2.45) is 0 Å². The molecule has 1 aromatic carbocycles. The maximum Gasteiger partial charge on any atom is 0.233 e. The van der Waals surface area contributed by atoms with Crippen molar-refractivity contribution in [3.8, 4) is 0 Å². The highest BCUT2D eigenvalue weighted by Crippen LogP contribution is 2.22. The van der Waals surface area contributed by atoms with Gasteiger partial charge in [-0.05, 0) is 54.0 Å². The number of benzene rings is 1. The van der Waals surface area contributed by atoms with Gasteiger partial charge in [0.1, 0.15) is 0 Å². The molecule has 0 bridgehead atoms. The summed E-state index contributed by atoms with van der Waals surface area (Å²) < 4.78 is 27.4. The summed E-state index contributed by atoms with van der Waals surface area (Å²) in [5, 5.41) is 5.35. The summed E-state index contributed by atoms with van der Waals surface area (Å²) in [7, 11) is -3.48. The molecule has 0 aliphatic rings. The zero-order valence-electron chi connectivity index (χ0n) is 15.0. The van der Waals surface area contributed by atoms with Gasteiger partial charge in [-0.15, -0.1) is 0 Å². The molecule has 2 aromatic rings. The zero-order valence-corrected chi connectivity index (χ0v) is 16.6. The van der Waals surface area contributed by atoms with Gasteiger partial charge in [0.05, 0.1) is 0 Å². The van der Waals surface area contributed by atoms with Crippen LogP contribution in [0.4, 0.5) is 0 Å². The fraction of sp³-hybridized carbons (Fsp3) is 0.368. The van der Waals surface area contributed by atoms with E-state index in [1.165, 1.54) is 5.41 Å². The van der Waals surface area contributed by atoms with Gasteiger partial charge >= 0.3 is 0 Å². The van der Waals surface area contributed by atoms with Crippen LogP contribution >= 0.6 is 11.3 Å². The van der Waals surface area contributed by atoms with Crippen molar-refractivity contribution >= 4 is 27.4 Å². The van der Waals surface area contributed by atoms with Crippen molar-refractivity contribution < 1.29 is 8.42 Å². The Morgan fingerprint density at radius 3 is 2.40 bits per heavy atom. The second-order valence-electron chi connectivity index (χ2n) is 5.90. The zero-order chi connectivity index (χ0) is 18.3. The van der Waals surface area contributed by atoms with E-state index in [-0.39, 0.29) is 6.04 Å². The summed E-state index contributed by atoms with van der Waals surface area (Å²) >= 11 is 1.63. The Bertz CT molecular complexity index is 762. The Hall–Kier alpha value is -1.47. The van der Waals surface area contributed by atoms with Gasteiger partial charge in [-0.3, -0.25) is 4.90 Å². The standard InChI is InChI=1S/C19H26N2O2S2/c1-4-21(5-2)19(18-10-12-24-15-18)14-20-25(22,23)13-11-17-8-6-16(3)7-9-17/h6-13,15,19-20H,4-5,14H2,1-3H3/b13-11+. The fourth-order valence-corrected chi connectivity index (χ4v) is 4.21. The summed E-state index contributed by atoms with van der Waals surface area (Å²) in [5.74, 6) is 0. The molecule has 4 nitrogen and oxygen atoms in total. The predicted molar refractivity (Wildman–Crippen MR) is 107 cm³/mol. The monoisotopic (exact) mass is 378 g/mol. The molecule has 1 atom stereocenters. The van der Waals surface area contributed by atoms with E-state index in [2.05, 4.69) is 34.9 Å². The highest BCUT2D eigenvalue weighted by molar-refractivity contribution is 7.92. The Balaban J connectivity index is 2.06. The van der Waals surface area contributed by atoms with Crippen molar-refractivity contribution in [2.75, 3.05) is 19.6 Å². The molecule has 0 fully saturated rings. The molecule has 25 heavy (non-hydrogen) atoms. The number of nitrogens with one attached hydrogen (secondary N) is 1. The van der Waals surface area contributed by atoms with E-state index in [0.717, 1.165) is 29.8 Å². The van der Waals surface area contributed by atoms with Gasteiger partial charge in [-0.1, -0.05) is 43.7 Å². The molecule has 0 aliphatic heterocycles.